The largest absolute Gasteiger partial charge is 0.519 e. The molecule has 2 aliphatic heterocycles. The van der Waals surface area contributed by atoms with E-state index >= 15 is 0 Å². The van der Waals surface area contributed by atoms with Crippen molar-refractivity contribution >= 4 is 218 Å². The summed E-state index contributed by atoms with van der Waals surface area (Å²) in [5.41, 5.74) is 16.9. The van der Waals surface area contributed by atoms with Crippen LogP contribution in [0.15, 0.2) is 181 Å². The van der Waals surface area contributed by atoms with Gasteiger partial charge in [-0.2, -0.15) is 0 Å². The minimum Gasteiger partial charge on any atom is -0.444 e. The number of carbonyl (C=O) groups excluding carboxylic acids is 7. The number of nitrogens with two attached hydrogens (primary N) is 1. The summed E-state index contributed by atoms with van der Waals surface area (Å²) in [5, 5.41) is 14.8. The summed E-state index contributed by atoms with van der Waals surface area (Å²) in [4.78, 5) is 90.8. The molecule has 2 aromatic heterocycles. The van der Waals surface area contributed by atoms with E-state index in [1.165, 1.54) is 39.6 Å². The number of hydrogen-bond donors (Lipinski definition) is 5. The zero-order chi connectivity index (χ0) is 94.2. The fourth-order valence-corrected chi connectivity index (χ4v) is 13.9. The molecule has 0 saturated carbocycles. The first-order valence-corrected chi connectivity index (χ1v) is 44.5. The molecule has 7 aromatic carbocycles. The van der Waals surface area contributed by atoms with Crippen molar-refractivity contribution in [2.24, 2.45) is 0 Å². The third kappa shape index (κ3) is 35.2. The van der Waals surface area contributed by atoms with Crippen LogP contribution in [-0.4, -0.2) is 129 Å². The number of ether oxygens (including phenoxy) is 5. The normalized spacial score (nSPS) is 13.4. The molecule has 0 aliphatic carbocycles. The SMILES string of the molecule is C=CC(=O)N(C)c1cc(B2OC(C)(C)C(C)(C)O2)ccc1C.C=CC(=O)N(C)c1cc(Br)ccc1C.CC(C)(C)OC(=O)OC(=O)OC(C)(C)C.CNc1cc(Br)ccc1C.C[C@@H]1CNc2c(sc3ccc4nc(Cl)ccc4c23)C(=O)N1.Cc1ccc(Br)cc1N.Cc1ccc(Br)cc1N(C)C(=O)OC(C)(C)C.Cc1ccc(Br)cc1NC(=O)OC(C)(C)C. The highest BCUT2D eigenvalue weighted by atomic mass is 79.9. The molecule has 2 aliphatic rings. The summed E-state index contributed by atoms with van der Waals surface area (Å²) in [6.07, 6.45) is -0.290. The maximum Gasteiger partial charge on any atom is 0.519 e. The van der Waals surface area contributed by atoms with E-state index in [-0.39, 0.29) is 41.1 Å². The van der Waals surface area contributed by atoms with E-state index in [1.807, 2.05) is 233 Å². The van der Waals surface area contributed by atoms with Crippen LogP contribution < -0.4 is 47.2 Å². The van der Waals surface area contributed by atoms with Gasteiger partial charge in [0, 0.05) is 107 Å². The lowest BCUT2D eigenvalue weighted by atomic mass is 9.78. The van der Waals surface area contributed by atoms with E-state index in [0.717, 1.165) is 116 Å². The third-order valence-corrected chi connectivity index (χ3v) is 21.8. The van der Waals surface area contributed by atoms with Gasteiger partial charge in [-0.25, -0.2) is 24.2 Å². The monoisotopic (exact) mass is 2060 g/mol. The molecule has 11 rings (SSSR count). The Morgan fingerprint density at radius 3 is 1.41 bits per heavy atom. The molecule has 0 bridgehead atoms. The number of rotatable bonds is 8. The van der Waals surface area contributed by atoms with Gasteiger partial charge in [0.1, 0.15) is 32.4 Å². The second-order valence-corrected chi connectivity index (χ2v) is 39.8. The molecule has 0 radical (unpaired) electrons. The van der Waals surface area contributed by atoms with Gasteiger partial charge in [0.05, 0.1) is 28.1 Å². The van der Waals surface area contributed by atoms with Crippen molar-refractivity contribution in [1.82, 2.24) is 10.3 Å². The number of aromatic nitrogens is 1. The third-order valence-electron chi connectivity index (χ3n) is 18.0. The second kappa shape index (κ2) is 47.1. The summed E-state index contributed by atoms with van der Waals surface area (Å²) in [7, 11) is 6.67. The van der Waals surface area contributed by atoms with Crippen LogP contribution in [0.5, 0.6) is 0 Å². The minimum atomic E-state index is -1.06. The van der Waals surface area contributed by atoms with Gasteiger partial charge in [0.25, 0.3) is 5.91 Å². The van der Waals surface area contributed by atoms with Gasteiger partial charge in [0.2, 0.25) is 11.8 Å². The number of nitrogens with one attached hydrogen (secondary N) is 4. The van der Waals surface area contributed by atoms with Crippen LogP contribution in [0.3, 0.4) is 0 Å². The van der Waals surface area contributed by atoms with Gasteiger partial charge in [-0.15, -0.1) is 11.3 Å². The number of nitrogens with zero attached hydrogens (tertiary/aromatic N) is 4. The number of fused-ring (bicyclic) bond motifs is 5. The molecule has 5 amide bonds. The summed E-state index contributed by atoms with van der Waals surface area (Å²) < 4.78 is 42.5. The molecule has 1 atom stereocenters. The molecule has 4 heterocycles. The predicted molar refractivity (Wildman–Crippen MR) is 528 cm³/mol. The van der Waals surface area contributed by atoms with Crippen LogP contribution in [0.4, 0.5) is 59.0 Å². The smallest absolute Gasteiger partial charge is 0.444 e. The zero-order valence-electron chi connectivity index (χ0n) is 75.9. The van der Waals surface area contributed by atoms with E-state index < -0.39 is 47.9 Å². The molecule has 0 spiro atoms. The van der Waals surface area contributed by atoms with Crippen molar-refractivity contribution in [3.8, 4) is 0 Å². The molecule has 124 heavy (non-hydrogen) atoms. The zero-order valence-corrected chi connectivity index (χ0v) is 85.4. The molecule has 0 unspecified atom stereocenters. The maximum absolute atomic E-state index is 12.3. The first-order chi connectivity index (χ1) is 57.2. The molecule has 1 saturated heterocycles. The quantitative estimate of drug-likeness (QED) is 0.0180. The highest BCUT2D eigenvalue weighted by Gasteiger charge is 2.52. The Bertz CT molecular complexity index is 5230. The molecular formula is C93H118BBr5ClN9O14S. The van der Waals surface area contributed by atoms with Crippen molar-refractivity contribution in [1.29, 1.82) is 0 Å². The highest BCUT2D eigenvalue weighted by Crippen LogP contribution is 2.42. The molecule has 23 nitrogen and oxygen atoms in total. The summed E-state index contributed by atoms with van der Waals surface area (Å²) >= 11 is 24.3. The first-order valence-electron chi connectivity index (χ1n) is 39.4. The number of anilines is 7. The van der Waals surface area contributed by atoms with Crippen molar-refractivity contribution < 1.29 is 66.6 Å². The van der Waals surface area contributed by atoms with Crippen molar-refractivity contribution in [3.05, 3.63) is 225 Å². The average molecular weight is 2060 g/mol. The molecular weight excluding hydrogens is 1940 g/mol. The highest BCUT2D eigenvalue weighted by molar-refractivity contribution is 9.11. The standard InChI is InChI=1S/C17H24BNO3.C15H12ClN3OS.C13H18BrNO2.C12H16BrNO2.C11H12BrNO.C10H18O5.C8H10BrN.C7H8BrN/c1-8-15(20)19(7)14-11-13(10-9-12(14)2)18-21-16(3,4)17(5,6)22-18;1-7-6-17-13-12-8-2-5-11(16)19-9(8)3-4-10(12)21-14(13)15(20)18-7;1-9-6-7-10(14)8-11(9)15(5)12(16)17-13(2,3)4;1-8-5-6-9(13)7-10(8)14-11(15)16-12(2,3)4;1-4-11(14)13(3)10-7-9(12)6-5-8(10)2;1-9(2,3)14-7(11)13-8(12)15-10(4,5)6;1-6-3-4-7(9)5-8(6)10-2;1-5-2-3-6(8)4-7(5)9/h8-11H,1H2,2-7H3;2-5,7,17H,6H2,1H3,(H,18,20);6-8H,1-5H3;5-7H,1-4H3,(H,14,15);4-7H,1H2,2-3H3;1-6H3;3-5,10H,1-2H3;2-4H,9H2,1H3/t;7-;;;;;;/m.1....../s1. The number of likely N-dealkylation sites (N-methyl/N-ethyl adjacent to an activating group) is 2. The van der Waals surface area contributed by atoms with Crippen molar-refractivity contribution in [3.63, 3.8) is 0 Å². The minimum absolute atomic E-state index is 0.0150. The van der Waals surface area contributed by atoms with Crippen molar-refractivity contribution in [2.75, 3.05) is 71.1 Å². The number of pyridine rings is 1. The van der Waals surface area contributed by atoms with E-state index in [9.17, 15) is 33.6 Å². The number of hydrogen-bond acceptors (Lipinski definition) is 19. The van der Waals surface area contributed by atoms with Crippen LogP contribution in [-0.2, 0) is 42.6 Å². The van der Waals surface area contributed by atoms with Crippen molar-refractivity contribution in [2.45, 2.75) is 199 Å². The Morgan fingerprint density at radius 2 is 0.976 bits per heavy atom. The number of aryl methyl sites for hydroxylation is 6. The van der Waals surface area contributed by atoms with Crippen LogP contribution in [0.2, 0.25) is 5.15 Å². The van der Waals surface area contributed by atoms with E-state index in [4.69, 9.17) is 45.6 Å². The van der Waals surface area contributed by atoms with Crippen LogP contribution in [0.1, 0.15) is 161 Å². The first kappa shape index (κ1) is 107. The van der Waals surface area contributed by atoms with Gasteiger partial charge in [-0.1, -0.05) is 147 Å². The Labute approximate surface area is 783 Å². The predicted octanol–water partition coefficient (Wildman–Crippen LogP) is 25.2. The fraction of sp³-hybridized carbons (Fsp3) is 0.376. The number of benzene rings is 7. The Hall–Kier alpha value is -8.85. The van der Waals surface area contributed by atoms with Gasteiger partial charge in [-0.3, -0.25) is 24.6 Å². The molecule has 670 valence electrons. The average Bonchev–Trinajstić information content (AvgIpc) is 1.60. The Balaban J connectivity index is 0.000000302. The fourth-order valence-electron chi connectivity index (χ4n) is 10.9. The Morgan fingerprint density at radius 1 is 0.565 bits per heavy atom. The number of thiophene rings is 1. The van der Waals surface area contributed by atoms with E-state index in [0.29, 0.717) is 11.7 Å². The summed E-state index contributed by atoms with van der Waals surface area (Å²) in [6, 6.07) is 43.1. The Kier molecular flexibility index (Phi) is 40.8. The summed E-state index contributed by atoms with van der Waals surface area (Å²) in [5.74, 6) is -0.265. The van der Waals surface area contributed by atoms with Crippen LogP contribution in [0.25, 0.3) is 21.0 Å². The molecule has 31 heteroatoms. The topological polar surface area (TPSA) is 281 Å². The van der Waals surface area contributed by atoms with Crippen LogP contribution in [0, 0.1) is 41.5 Å². The van der Waals surface area contributed by atoms with E-state index in [1.54, 1.807) is 78.6 Å². The maximum atomic E-state index is 12.3. The lowest BCUT2D eigenvalue weighted by molar-refractivity contribution is -0.114. The lowest BCUT2D eigenvalue weighted by Gasteiger charge is -2.32. The number of halogens is 6. The van der Waals surface area contributed by atoms with Gasteiger partial charge in [-0.05, 0) is 301 Å². The summed E-state index contributed by atoms with van der Waals surface area (Å²) in [6.45, 7) is 50.8. The molecule has 1 fully saturated rings. The van der Waals surface area contributed by atoms with Gasteiger partial charge in [0.15, 0.2) is 0 Å². The number of nitrogen functional groups attached to an aromatic ring is 1. The van der Waals surface area contributed by atoms with Gasteiger partial charge < -0.3 is 64.5 Å². The second-order valence-electron chi connectivity index (χ2n) is 33.8. The number of carbonyl (C=O) groups is 7. The van der Waals surface area contributed by atoms with Crippen LogP contribution >= 0.6 is 103 Å². The van der Waals surface area contributed by atoms with E-state index in [2.05, 4.69) is 143 Å². The molecule has 6 N–H and O–H groups in total. The lowest BCUT2D eigenvalue weighted by Crippen LogP contribution is -2.41. The van der Waals surface area contributed by atoms with Gasteiger partial charge >= 0.3 is 31.6 Å². The number of amides is 5. The molecule has 9 aromatic rings.